The molecule has 1 unspecified atom stereocenters. The largest absolute Gasteiger partial charge is 0.417 e. The van der Waals surface area contributed by atoms with Crippen molar-refractivity contribution in [2.45, 2.75) is 48.7 Å². The van der Waals surface area contributed by atoms with Crippen molar-refractivity contribution < 1.29 is 43.9 Å². The van der Waals surface area contributed by atoms with Crippen molar-refractivity contribution in [2.24, 2.45) is 5.92 Å². The summed E-state index contributed by atoms with van der Waals surface area (Å²) < 4.78 is 116. The third kappa shape index (κ3) is 4.75. The third-order valence-electron chi connectivity index (χ3n) is 5.98. The summed E-state index contributed by atoms with van der Waals surface area (Å²) >= 11 is 0. The van der Waals surface area contributed by atoms with Crippen molar-refractivity contribution in [1.82, 2.24) is 4.98 Å². The number of aromatic nitrogens is 1. The summed E-state index contributed by atoms with van der Waals surface area (Å²) in [6, 6.07) is 3.47. The van der Waals surface area contributed by atoms with Crippen LogP contribution < -0.4 is 4.90 Å². The lowest BCUT2D eigenvalue weighted by atomic mass is 9.85. The van der Waals surface area contributed by atoms with E-state index in [-0.39, 0.29) is 19.0 Å². The molecular weight excluding hydrogens is 493 g/mol. The number of amides is 1. The maximum Gasteiger partial charge on any atom is 0.417 e. The van der Waals surface area contributed by atoms with Gasteiger partial charge < -0.3 is 0 Å². The summed E-state index contributed by atoms with van der Waals surface area (Å²) in [6.07, 6.45) is -9.62. The van der Waals surface area contributed by atoms with Crippen molar-refractivity contribution >= 4 is 21.6 Å². The molecule has 5 nitrogen and oxygen atoms in total. The second kappa shape index (κ2) is 8.51. The molecule has 3 rings (SSSR count). The Morgan fingerprint density at radius 1 is 1.00 bits per heavy atom. The number of sulfone groups is 1. The molecule has 0 bridgehead atoms. The van der Waals surface area contributed by atoms with Gasteiger partial charge in [0.1, 0.15) is 0 Å². The number of benzene rings is 1. The number of halogens is 7. The van der Waals surface area contributed by atoms with E-state index in [0.29, 0.717) is 12.3 Å². The zero-order valence-electron chi connectivity index (χ0n) is 17.8. The van der Waals surface area contributed by atoms with Gasteiger partial charge in [-0.2, -0.15) is 26.3 Å². The number of hydrogen-bond acceptors (Lipinski definition) is 4. The Hall–Kier alpha value is -2.70. The fourth-order valence-corrected chi connectivity index (χ4v) is 5.58. The number of pyridine rings is 1. The average Bonchev–Trinajstić information content (AvgIpc) is 2.72. The van der Waals surface area contributed by atoms with Crippen molar-refractivity contribution in [1.29, 1.82) is 0 Å². The molecule has 2 heterocycles. The van der Waals surface area contributed by atoms with Gasteiger partial charge in [-0.1, -0.05) is 6.07 Å². The smallest absolute Gasteiger partial charge is 0.294 e. The van der Waals surface area contributed by atoms with E-state index in [1.54, 1.807) is 0 Å². The fraction of sp³-hybridized carbons (Fsp3) is 0.429. The quantitative estimate of drug-likeness (QED) is 0.525. The second-order valence-corrected chi connectivity index (χ2v) is 10.9. The van der Waals surface area contributed by atoms with E-state index in [1.807, 2.05) is 0 Å². The summed E-state index contributed by atoms with van der Waals surface area (Å²) in [5, 5.41) is 0. The lowest BCUT2D eigenvalue weighted by molar-refractivity contribution is -0.138. The lowest BCUT2D eigenvalue weighted by Crippen LogP contribution is -2.49. The summed E-state index contributed by atoms with van der Waals surface area (Å²) in [6.45, 7) is 2.33. The number of hydrogen-bond donors (Lipinski definition) is 0. The van der Waals surface area contributed by atoms with E-state index in [4.69, 9.17) is 0 Å². The zero-order chi connectivity index (χ0) is 25.7. The topological polar surface area (TPSA) is 67.3 Å². The first-order chi connectivity index (χ1) is 15.5. The molecule has 1 amide bonds. The number of carbonyl (C=O) groups is 1. The summed E-state index contributed by atoms with van der Waals surface area (Å²) in [5.41, 5.74) is -2.47. The van der Waals surface area contributed by atoms with Gasteiger partial charge >= 0.3 is 12.4 Å². The lowest BCUT2D eigenvalue weighted by Gasteiger charge is -2.39. The third-order valence-corrected chi connectivity index (χ3v) is 8.57. The van der Waals surface area contributed by atoms with Gasteiger partial charge in [0.25, 0.3) is 0 Å². The molecule has 13 heteroatoms. The van der Waals surface area contributed by atoms with Crippen LogP contribution in [0.2, 0.25) is 0 Å². The maximum absolute atomic E-state index is 14.3. The predicted octanol–water partition coefficient (Wildman–Crippen LogP) is 5.25. The molecule has 1 fully saturated rings. The van der Waals surface area contributed by atoms with Crippen LogP contribution in [0.5, 0.6) is 0 Å². The summed E-state index contributed by atoms with van der Waals surface area (Å²) in [7, 11) is -4.34. The Bertz CT molecular complexity index is 1210. The molecule has 1 saturated heterocycles. The van der Waals surface area contributed by atoms with Crippen LogP contribution in [0.4, 0.5) is 36.6 Å². The molecule has 1 aliphatic heterocycles. The van der Waals surface area contributed by atoms with E-state index in [1.165, 1.54) is 13.8 Å². The normalized spacial score (nSPS) is 18.3. The van der Waals surface area contributed by atoms with Crippen LogP contribution in [-0.2, 0) is 27.0 Å². The molecule has 0 spiro atoms. The molecule has 0 aliphatic carbocycles. The van der Waals surface area contributed by atoms with Crippen LogP contribution in [-0.4, -0.2) is 30.6 Å². The Morgan fingerprint density at radius 2 is 1.62 bits per heavy atom. The van der Waals surface area contributed by atoms with Crippen LogP contribution in [0.15, 0.2) is 41.4 Å². The van der Waals surface area contributed by atoms with E-state index in [2.05, 4.69) is 4.98 Å². The molecule has 0 saturated carbocycles. The van der Waals surface area contributed by atoms with Gasteiger partial charge in [0, 0.05) is 19.2 Å². The summed E-state index contributed by atoms with van der Waals surface area (Å²) in [5.74, 6) is -3.60. The number of carbonyl (C=O) groups excluding carboxylic acids is 1. The van der Waals surface area contributed by atoms with Gasteiger partial charge in [-0.3, -0.25) is 9.69 Å². The Balaban J connectivity index is 1.85. The highest BCUT2D eigenvalue weighted by molar-refractivity contribution is 7.92. The highest BCUT2D eigenvalue weighted by Crippen LogP contribution is 2.41. The van der Waals surface area contributed by atoms with Crippen molar-refractivity contribution in [3.8, 4) is 0 Å². The van der Waals surface area contributed by atoms with Gasteiger partial charge in [-0.05, 0) is 50.5 Å². The first-order valence-electron chi connectivity index (χ1n) is 9.91. The predicted molar refractivity (Wildman–Crippen MR) is 107 cm³/mol. The molecule has 1 atom stereocenters. The zero-order valence-corrected chi connectivity index (χ0v) is 18.7. The van der Waals surface area contributed by atoms with Gasteiger partial charge in [-0.25, -0.2) is 17.8 Å². The molecule has 2 aromatic rings. The van der Waals surface area contributed by atoms with Crippen molar-refractivity contribution in [2.75, 3.05) is 11.4 Å². The minimum atomic E-state index is -4.83. The van der Waals surface area contributed by atoms with E-state index < -0.39 is 72.8 Å². The van der Waals surface area contributed by atoms with Gasteiger partial charge in [0.15, 0.2) is 21.5 Å². The molecule has 1 aliphatic rings. The molecule has 1 aromatic carbocycles. The highest BCUT2D eigenvalue weighted by Gasteiger charge is 2.47. The highest BCUT2D eigenvalue weighted by atomic mass is 32.2. The van der Waals surface area contributed by atoms with Crippen LogP contribution >= 0.6 is 0 Å². The Labute approximate surface area is 190 Å². The number of rotatable bonds is 4. The first kappa shape index (κ1) is 25.9. The van der Waals surface area contributed by atoms with Gasteiger partial charge in [-0.15, -0.1) is 0 Å². The molecule has 0 radical (unpaired) electrons. The summed E-state index contributed by atoms with van der Waals surface area (Å²) in [4.78, 5) is 16.4. The van der Waals surface area contributed by atoms with Crippen molar-refractivity contribution in [3.63, 3.8) is 0 Å². The first-order valence-corrected chi connectivity index (χ1v) is 11.4. The molecule has 34 heavy (non-hydrogen) atoms. The number of anilines is 1. The Morgan fingerprint density at radius 3 is 2.15 bits per heavy atom. The minimum absolute atomic E-state index is 0.000919. The van der Waals surface area contributed by atoms with Gasteiger partial charge in [0.2, 0.25) is 5.91 Å². The standard InChI is InChI=1S/C21H19F7N2O3S/c1-19(2,34(32,33)15-5-3-4-13(8-15)20(23,24)25)12-6-7-30(17(31)10-12)18-16(22)9-14(11-29-18)21(26,27)28/h3-5,8-9,11-12H,6-7,10H2,1-2H3. The number of nitrogens with zero attached hydrogens (tertiary/aromatic N) is 2. The van der Waals surface area contributed by atoms with Crippen molar-refractivity contribution in [3.05, 3.63) is 53.5 Å². The van der Waals surface area contributed by atoms with E-state index in [0.717, 1.165) is 23.1 Å². The van der Waals surface area contributed by atoms with Gasteiger partial charge in [0.05, 0.1) is 20.8 Å². The van der Waals surface area contributed by atoms with Crippen LogP contribution in [0, 0.1) is 11.7 Å². The number of piperidine rings is 1. The molecular formula is C21H19F7N2O3S. The van der Waals surface area contributed by atoms with Crippen LogP contribution in [0.25, 0.3) is 0 Å². The minimum Gasteiger partial charge on any atom is -0.294 e. The number of alkyl halides is 6. The molecule has 1 aromatic heterocycles. The maximum atomic E-state index is 14.3. The average molecular weight is 512 g/mol. The Kier molecular flexibility index (Phi) is 6.48. The van der Waals surface area contributed by atoms with Crippen LogP contribution in [0.1, 0.15) is 37.8 Å². The van der Waals surface area contributed by atoms with Crippen LogP contribution in [0.3, 0.4) is 0 Å². The molecule has 0 N–H and O–H groups in total. The second-order valence-electron chi connectivity index (χ2n) is 8.39. The van der Waals surface area contributed by atoms with E-state index in [9.17, 15) is 43.9 Å². The SMILES string of the molecule is CC(C)(C1CCN(c2ncc(C(F)(F)F)cc2F)C(=O)C1)S(=O)(=O)c1cccc(C(F)(F)F)c1. The molecule has 186 valence electrons. The fourth-order valence-electron chi connectivity index (χ4n) is 3.80. The monoisotopic (exact) mass is 512 g/mol. The van der Waals surface area contributed by atoms with E-state index >= 15 is 0 Å².